The molecular formula is C35H47NO4. The largest absolute Gasteiger partial charge is 0.494 e. The first-order chi connectivity index (χ1) is 19.5. The third kappa shape index (κ3) is 10.7. The van der Waals surface area contributed by atoms with E-state index >= 15 is 0 Å². The number of rotatable bonds is 15. The summed E-state index contributed by atoms with van der Waals surface area (Å²) in [7, 11) is 0. The van der Waals surface area contributed by atoms with Crippen LogP contribution < -0.4 is 10.1 Å². The van der Waals surface area contributed by atoms with Gasteiger partial charge in [0.1, 0.15) is 5.75 Å². The second-order valence-electron chi connectivity index (χ2n) is 11.9. The lowest BCUT2D eigenvalue weighted by molar-refractivity contribution is 0.0106. The van der Waals surface area contributed by atoms with Crippen molar-refractivity contribution in [2.45, 2.75) is 71.9 Å². The average Bonchev–Trinajstić information content (AvgIpc) is 2.97. The van der Waals surface area contributed by atoms with Crippen LogP contribution in [0.15, 0.2) is 78.9 Å². The molecular weight excluding hydrogens is 498 g/mol. The van der Waals surface area contributed by atoms with E-state index in [4.69, 9.17) is 18.9 Å². The lowest BCUT2D eigenvalue weighted by Crippen LogP contribution is -2.40. The van der Waals surface area contributed by atoms with E-state index in [0.717, 1.165) is 44.7 Å². The van der Waals surface area contributed by atoms with Crippen molar-refractivity contribution in [3.05, 3.63) is 101 Å². The molecule has 0 aliphatic carbocycles. The lowest BCUT2D eigenvalue weighted by atomic mass is 9.87. The summed E-state index contributed by atoms with van der Waals surface area (Å²) < 4.78 is 24.0. The van der Waals surface area contributed by atoms with Crippen molar-refractivity contribution in [1.29, 1.82) is 0 Å². The molecule has 0 amide bonds. The second-order valence-corrected chi connectivity index (χ2v) is 11.9. The van der Waals surface area contributed by atoms with Gasteiger partial charge in [-0.1, -0.05) is 87.5 Å². The molecule has 0 aromatic heterocycles. The summed E-state index contributed by atoms with van der Waals surface area (Å²) in [4.78, 5) is 0. The molecule has 1 aliphatic heterocycles. The Labute approximate surface area is 241 Å². The Balaban J connectivity index is 1.17. The molecule has 4 rings (SSSR count). The maximum atomic E-state index is 6.44. The van der Waals surface area contributed by atoms with E-state index in [1.807, 2.05) is 18.2 Å². The number of benzene rings is 3. The van der Waals surface area contributed by atoms with E-state index in [-0.39, 0.29) is 6.10 Å². The second kappa shape index (κ2) is 15.9. The van der Waals surface area contributed by atoms with Gasteiger partial charge in [-0.05, 0) is 59.2 Å². The molecule has 40 heavy (non-hydrogen) atoms. The molecule has 0 saturated carbocycles. The van der Waals surface area contributed by atoms with Crippen molar-refractivity contribution in [2.24, 2.45) is 5.41 Å². The Morgan fingerprint density at radius 2 is 1.38 bits per heavy atom. The summed E-state index contributed by atoms with van der Waals surface area (Å²) >= 11 is 0. The maximum absolute atomic E-state index is 6.44. The first-order valence-corrected chi connectivity index (χ1v) is 14.8. The Bertz CT molecular complexity index is 1090. The molecule has 0 bridgehead atoms. The Hall–Kier alpha value is -2.70. The molecule has 1 heterocycles. The molecule has 3 aromatic carbocycles. The van der Waals surface area contributed by atoms with Crippen LogP contribution in [0, 0.1) is 5.41 Å². The topological polar surface area (TPSA) is 49.0 Å². The molecule has 2 unspecified atom stereocenters. The highest BCUT2D eigenvalue weighted by Crippen LogP contribution is 2.30. The smallest absolute Gasteiger partial charge is 0.119 e. The summed E-state index contributed by atoms with van der Waals surface area (Å²) in [6, 6.07) is 27.4. The number of piperidine rings is 1. The Morgan fingerprint density at radius 3 is 2.08 bits per heavy atom. The van der Waals surface area contributed by atoms with Crippen molar-refractivity contribution >= 4 is 0 Å². The van der Waals surface area contributed by atoms with Gasteiger partial charge in [-0.15, -0.1) is 0 Å². The van der Waals surface area contributed by atoms with Gasteiger partial charge in [0.15, 0.2) is 0 Å². The summed E-state index contributed by atoms with van der Waals surface area (Å²) in [5.41, 5.74) is 5.22. The zero-order valence-electron chi connectivity index (χ0n) is 24.6. The molecule has 5 nitrogen and oxygen atoms in total. The summed E-state index contributed by atoms with van der Waals surface area (Å²) in [5.74, 6) is 1.28. The van der Waals surface area contributed by atoms with Gasteiger partial charge in [-0.2, -0.15) is 0 Å². The number of ether oxygens (including phenoxy) is 4. The molecule has 1 N–H and O–H groups in total. The maximum Gasteiger partial charge on any atom is 0.119 e. The van der Waals surface area contributed by atoms with Crippen molar-refractivity contribution in [3.63, 3.8) is 0 Å². The fourth-order valence-electron chi connectivity index (χ4n) is 4.82. The minimum Gasteiger partial charge on any atom is -0.494 e. The van der Waals surface area contributed by atoms with Gasteiger partial charge in [0.05, 0.1) is 39.1 Å². The minimum absolute atomic E-state index is 0.141. The summed E-state index contributed by atoms with van der Waals surface area (Å²) in [5, 5.41) is 3.51. The van der Waals surface area contributed by atoms with Crippen molar-refractivity contribution in [3.8, 4) is 5.75 Å². The van der Waals surface area contributed by atoms with Crippen LogP contribution >= 0.6 is 0 Å². The number of hydrogen-bond donors (Lipinski definition) is 1. The average molecular weight is 546 g/mol. The van der Waals surface area contributed by atoms with Crippen LogP contribution in [0.3, 0.4) is 0 Å². The molecule has 1 saturated heterocycles. The van der Waals surface area contributed by atoms with Gasteiger partial charge in [-0.25, -0.2) is 0 Å². The summed E-state index contributed by atoms with van der Waals surface area (Å²) in [6.45, 7) is 12.7. The first-order valence-electron chi connectivity index (χ1n) is 14.8. The molecule has 0 spiro atoms. The normalized spacial score (nSPS) is 17.6. The number of nitrogens with one attached hydrogen (secondary N) is 1. The van der Waals surface area contributed by atoms with E-state index in [1.165, 1.54) is 22.3 Å². The number of hydrogen-bond acceptors (Lipinski definition) is 5. The third-order valence-electron chi connectivity index (χ3n) is 7.30. The van der Waals surface area contributed by atoms with Crippen LogP contribution in [0.4, 0.5) is 0 Å². The SMILES string of the molecule is CC(C)(C)CCOCc1ccc(COC2CNCCC2c2ccc(OCCCOCc3ccccc3)cc2)cc1. The molecule has 2 atom stereocenters. The van der Waals surface area contributed by atoms with E-state index in [9.17, 15) is 0 Å². The molecule has 3 aromatic rings. The monoisotopic (exact) mass is 545 g/mol. The van der Waals surface area contributed by atoms with Crippen LogP contribution in [-0.2, 0) is 34.0 Å². The Morgan fingerprint density at radius 1 is 0.725 bits per heavy atom. The van der Waals surface area contributed by atoms with Crippen LogP contribution in [0.5, 0.6) is 5.75 Å². The predicted octanol–water partition coefficient (Wildman–Crippen LogP) is 7.29. The lowest BCUT2D eigenvalue weighted by Gasteiger charge is -2.32. The standard InChI is InChI=1S/C35H47NO4/c1-35(2,3)19-23-38-26-29-10-12-30(13-11-29)27-40-34-24-36-20-18-33(34)31-14-16-32(17-15-31)39-22-7-21-37-25-28-8-5-4-6-9-28/h4-6,8-17,33-34,36H,7,18-27H2,1-3H3. The zero-order chi connectivity index (χ0) is 28.0. The molecule has 216 valence electrons. The van der Waals surface area contributed by atoms with Crippen molar-refractivity contribution in [1.82, 2.24) is 5.32 Å². The van der Waals surface area contributed by atoms with Gasteiger partial charge >= 0.3 is 0 Å². The fraction of sp³-hybridized carbons (Fsp3) is 0.486. The van der Waals surface area contributed by atoms with Gasteiger partial charge < -0.3 is 24.3 Å². The highest BCUT2D eigenvalue weighted by molar-refractivity contribution is 5.30. The van der Waals surface area contributed by atoms with Crippen LogP contribution in [0.2, 0.25) is 0 Å². The Kier molecular flexibility index (Phi) is 12.0. The van der Waals surface area contributed by atoms with Crippen LogP contribution in [-0.4, -0.2) is 39.0 Å². The van der Waals surface area contributed by atoms with Crippen LogP contribution in [0.25, 0.3) is 0 Å². The van der Waals surface area contributed by atoms with E-state index < -0.39 is 0 Å². The quantitative estimate of drug-likeness (QED) is 0.203. The zero-order valence-corrected chi connectivity index (χ0v) is 24.6. The predicted molar refractivity (Wildman–Crippen MR) is 162 cm³/mol. The molecule has 5 heteroatoms. The van der Waals surface area contributed by atoms with Gasteiger partial charge in [0.2, 0.25) is 0 Å². The van der Waals surface area contributed by atoms with E-state index in [1.54, 1.807) is 0 Å². The molecule has 1 fully saturated rings. The third-order valence-corrected chi connectivity index (χ3v) is 7.30. The fourth-order valence-corrected chi connectivity index (χ4v) is 4.82. The van der Waals surface area contributed by atoms with Crippen molar-refractivity contribution in [2.75, 3.05) is 32.9 Å². The highest BCUT2D eigenvalue weighted by atomic mass is 16.5. The minimum atomic E-state index is 0.141. The first kappa shape index (κ1) is 30.3. The summed E-state index contributed by atoms with van der Waals surface area (Å²) in [6.07, 6.45) is 3.14. The van der Waals surface area contributed by atoms with Gasteiger partial charge in [0, 0.05) is 25.5 Å². The van der Waals surface area contributed by atoms with Gasteiger partial charge in [0.25, 0.3) is 0 Å². The molecule has 0 radical (unpaired) electrons. The van der Waals surface area contributed by atoms with Gasteiger partial charge in [-0.3, -0.25) is 0 Å². The van der Waals surface area contributed by atoms with E-state index in [0.29, 0.717) is 44.4 Å². The molecule has 1 aliphatic rings. The highest BCUT2D eigenvalue weighted by Gasteiger charge is 2.27. The van der Waals surface area contributed by atoms with Crippen LogP contribution in [0.1, 0.15) is 68.2 Å². The van der Waals surface area contributed by atoms with Crippen molar-refractivity contribution < 1.29 is 18.9 Å². The van der Waals surface area contributed by atoms with E-state index in [2.05, 4.69) is 86.8 Å².